The second-order valence-corrected chi connectivity index (χ2v) is 4.91. The van der Waals surface area contributed by atoms with Gasteiger partial charge >= 0.3 is 5.91 Å². The minimum atomic E-state index is -0.384. The Morgan fingerprint density at radius 3 is 2.64 bits per heavy atom. The lowest BCUT2D eigenvalue weighted by atomic mass is 10.1. The fraction of sp³-hybridized carbons (Fsp3) is 0.250. The van der Waals surface area contributed by atoms with E-state index in [2.05, 4.69) is 10.5 Å². The normalized spacial score (nSPS) is 13.8. The third-order valence-corrected chi connectivity index (χ3v) is 3.25. The molecule has 0 radical (unpaired) electrons. The highest BCUT2D eigenvalue weighted by atomic mass is 16.6. The van der Waals surface area contributed by atoms with E-state index >= 15 is 0 Å². The van der Waals surface area contributed by atoms with Crippen LogP contribution in [0.4, 0.5) is 0 Å². The van der Waals surface area contributed by atoms with Crippen molar-refractivity contribution < 1.29 is 18.7 Å². The molecule has 1 amide bonds. The van der Waals surface area contributed by atoms with Crippen LogP contribution in [-0.4, -0.2) is 24.8 Å². The monoisotopic (exact) mass is 300 g/mol. The first-order valence-corrected chi connectivity index (χ1v) is 6.94. The number of carbonyl (C=O) groups excluding carboxylic acids is 1. The smallest absolute Gasteiger partial charge is 0.307 e. The number of aryl methyl sites for hydroxylation is 1. The van der Waals surface area contributed by atoms with Crippen LogP contribution in [0.15, 0.2) is 39.9 Å². The van der Waals surface area contributed by atoms with Gasteiger partial charge in [0, 0.05) is 5.56 Å². The van der Waals surface area contributed by atoms with E-state index in [1.165, 1.54) is 0 Å². The van der Waals surface area contributed by atoms with E-state index < -0.39 is 0 Å². The molecular formula is C16H16N2O4. The number of furan rings is 1. The van der Waals surface area contributed by atoms with Crippen LogP contribution in [-0.2, 0) is 0 Å². The Kier molecular flexibility index (Phi) is 3.82. The molecule has 6 heteroatoms. The van der Waals surface area contributed by atoms with Crippen molar-refractivity contribution in [3.05, 3.63) is 47.4 Å². The summed E-state index contributed by atoms with van der Waals surface area (Å²) < 4.78 is 16.2. The SMILES string of the molecule is C/C(=N/NC(=O)c1ccc(C)o1)c1ccc2c(c1)OCCO2. The lowest BCUT2D eigenvalue weighted by Crippen LogP contribution is -2.19. The fourth-order valence-corrected chi connectivity index (χ4v) is 2.08. The maximum Gasteiger partial charge on any atom is 0.307 e. The van der Waals surface area contributed by atoms with E-state index in [4.69, 9.17) is 13.9 Å². The molecule has 1 aromatic carbocycles. The number of rotatable bonds is 3. The molecule has 2 aromatic rings. The largest absolute Gasteiger partial charge is 0.486 e. The van der Waals surface area contributed by atoms with E-state index in [1.807, 2.05) is 18.2 Å². The topological polar surface area (TPSA) is 73.1 Å². The molecule has 0 aliphatic carbocycles. The van der Waals surface area contributed by atoms with Crippen molar-refractivity contribution in [3.63, 3.8) is 0 Å². The van der Waals surface area contributed by atoms with Crippen molar-refractivity contribution in [2.75, 3.05) is 13.2 Å². The number of amides is 1. The fourth-order valence-electron chi connectivity index (χ4n) is 2.08. The first-order chi connectivity index (χ1) is 10.6. The molecular weight excluding hydrogens is 284 g/mol. The van der Waals surface area contributed by atoms with Gasteiger partial charge in [-0.25, -0.2) is 5.43 Å². The number of benzene rings is 1. The number of fused-ring (bicyclic) bond motifs is 1. The molecule has 3 rings (SSSR count). The molecule has 2 heterocycles. The van der Waals surface area contributed by atoms with Gasteiger partial charge in [0.05, 0.1) is 5.71 Å². The van der Waals surface area contributed by atoms with Crippen LogP contribution in [0.25, 0.3) is 0 Å². The average molecular weight is 300 g/mol. The van der Waals surface area contributed by atoms with Gasteiger partial charge in [0.25, 0.3) is 0 Å². The molecule has 1 aromatic heterocycles. The highest BCUT2D eigenvalue weighted by Gasteiger charge is 2.13. The third kappa shape index (κ3) is 2.95. The molecule has 0 bridgehead atoms. The standard InChI is InChI=1S/C16H16N2O4/c1-10-3-5-14(22-10)16(19)18-17-11(2)12-4-6-13-15(9-12)21-8-7-20-13/h3-6,9H,7-8H2,1-2H3,(H,18,19)/b17-11-. The Bertz CT molecular complexity index is 733. The molecule has 0 atom stereocenters. The van der Waals surface area contributed by atoms with Gasteiger partial charge in [-0.15, -0.1) is 0 Å². The Balaban J connectivity index is 1.73. The highest BCUT2D eigenvalue weighted by Crippen LogP contribution is 2.30. The predicted octanol–water partition coefficient (Wildman–Crippen LogP) is 2.51. The molecule has 6 nitrogen and oxygen atoms in total. The Hall–Kier alpha value is -2.76. The van der Waals surface area contributed by atoms with Gasteiger partial charge in [0.15, 0.2) is 17.3 Å². The van der Waals surface area contributed by atoms with Crippen molar-refractivity contribution in [1.82, 2.24) is 5.43 Å². The number of carbonyl (C=O) groups is 1. The second kappa shape index (κ2) is 5.93. The zero-order valence-corrected chi connectivity index (χ0v) is 12.4. The Morgan fingerprint density at radius 1 is 1.14 bits per heavy atom. The minimum absolute atomic E-state index is 0.233. The summed E-state index contributed by atoms with van der Waals surface area (Å²) in [5.41, 5.74) is 3.98. The lowest BCUT2D eigenvalue weighted by Gasteiger charge is -2.18. The first-order valence-electron chi connectivity index (χ1n) is 6.94. The number of hydrazone groups is 1. The zero-order chi connectivity index (χ0) is 15.5. The molecule has 1 aliphatic heterocycles. The average Bonchev–Trinajstić information content (AvgIpc) is 2.98. The maximum atomic E-state index is 11.9. The molecule has 1 aliphatic rings. The van der Waals surface area contributed by atoms with Crippen molar-refractivity contribution >= 4 is 11.6 Å². The zero-order valence-electron chi connectivity index (χ0n) is 12.4. The van der Waals surface area contributed by atoms with Crippen molar-refractivity contribution in [1.29, 1.82) is 0 Å². The van der Waals surface area contributed by atoms with Gasteiger partial charge in [-0.2, -0.15) is 5.10 Å². The summed E-state index contributed by atoms with van der Waals surface area (Å²) in [5.74, 6) is 1.93. The number of hydrogen-bond donors (Lipinski definition) is 1. The van der Waals surface area contributed by atoms with Crippen LogP contribution >= 0.6 is 0 Å². The Morgan fingerprint density at radius 2 is 1.91 bits per heavy atom. The van der Waals surface area contributed by atoms with Crippen LogP contribution in [0.3, 0.4) is 0 Å². The molecule has 0 saturated carbocycles. The predicted molar refractivity (Wildman–Crippen MR) is 80.6 cm³/mol. The number of nitrogens with one attached hydrogen (secondary N) is 1. The van der Waals surface area contributed by atoms with Crippen LogP contribution in [0, 0.1) is 6.92 Å². The van der Waals surface area contributed by atoms with Gasteiger partial charge in [0.1, 0.15) is 19.0 Å². The quantitative estimate of drug-likeness (QED) is 0.698. The van der Waals surface area contributed by atoms with Crippen LogP contribution in [0.2, 0.25) is 0 Å². The van der Waals surface area contributed by atoms with Gasteiger partial charge in [-0.1, -0.05) is 0 Å². The van der Waals surface area contributed by atoms with E-state index in [0.717, 1.165) is 11.3 Å². The number of ether oxygens (including phenoxy) is 2. The van der Waals surface area contributed by atoms with E-state index in [1.54, 1.807) is 26.0 Å². The first kappa shape index (κ1) is 14.2. The molecule has 0 fully saturated rings. The van der Waals surface area contributed by atoms with E-state index in [9.17, 15) is 4.79 Å². The number of nitrogens with zero attached hydrogens (tertiary/aromatic N) is 1. The van der Waals surface area contributed by atoms with E-state index in [-0.39, 0.29) is 11.7 Å². The van der Waals surface area contributed by atoms with Crippen molar-refractivity contribution in [3.8, 4) is 11.5 Å². The summed E-state index contributed by atoms with van der Waals surface area (Å²) in [4.78, 5) is 11.9. The summed E-state index contributed by atoms with van der Waals surface area (Å²) in [6.07, 6.45) is 0. The van der Waals surface area contributed by atoms with Crippen LogP contribution in [0.5, 0.6) is 11.5 Å². The van der Waals surface area contributed by atoms with E-state index in [0.29, 0.717) is 30.4 Å². The van der Waals surface area contributed by atoms with Gasteiger partial charge in [-0.3, -0.25) is 4.79 Å². The van der Waals surface area contributed by atoms with Crippen LogP contribution in [0.1, 0.15) is 28.8 Å². The Labute approximate surface area is 127 Å². The van der Waals surface area contributed by atoms with Crippen molar-refractivity contribution in [2.24, 2.45) is 5.10 Å². The minimum Gasteiger partial charge on any atom is -0.486 e. The van der Waals surface area contributed by atoms with Gasteiger partial charge in [0.2, 0.25) is 0 Å². The lowest BCUT2D eigenvalue weighted by molar-refractivity contribution is 0.0926. The van der Waals surface area contributed by atoms with Gasteiger partial charge in [-0.05, 0) is 44.2 Å². The summed E-state index contributed by atoms with van der Waals surface area (Å²) in [7, 11) is 0. The third-order valence-electron chi connectivity index (χ3n) is 3.25. The number of hydrogen-bond acceptors (Lipinski definition) is 5. The molecule has 0 unspecified atom stereocenters. The van der Waals surface area contributed by atoms with Gasteiger partial charge < -0.3 is 13.9 Å². The second-order valence-electron chi connectivity index (χ2n) is 4.91. The summed E-state index contributed by atoms with van der Waals surface area (Å²) in [5, 5.41) is 4.09. The molecule has 0 saturated heterocycles. The maximum absolute atomic E-state index is 11.9. The summed E-state index contributed by atoms with van der Waals surface area (Å²) in [6, 6.07) is 8.89. The molecule has 0 spiro atoms. The molecule has 114 valence electrons. The summed E-state index contributed by atoms with van der Waals surface area (Å²) in [6.45, 7) is 4.67. The molecule has 1 N–H and O–H groups in total. The highest BCUT2D eigenvalue weighted by molar-refractivity contribution is 6.00. The van der Waals surface area contributed by atoms with Crippen molar-refractivity contribution in [2.45, 2.75) is 13.8 Å². The van der Waals surface area contributed by atoms with Crippen LogP contribution < -0.4 is 14.9 Å². The summed E-state index contributed by atoms with van der Waals surface area (Å²) >= 11 is 0. The molecule has 22 heavy (non-hydrogen) atoms.